The van der Waals surface area contributed by atoms with E-state index in [0.717, 1.165) is 24.8 Å². The molecule has 1 saturated heterocycles. The third kappa shape index (κ3) is 4.19. The summed E-state index contributed by atoms with van der Waals surface area (Å²) in [5.74, 6) is -2.11. The first-order chi connectivity index (χ1) is 10.6. The number of ketones is 1. The average molecular weight is 317 g/mol. The van der Waals surface area contributed by atoms with Crippen molar-refractivity contribution in [3.8, 4) is 6.07 Å². The van der Waals surface area contributed by atoms with Gasteiger partial charge in [-0.25, -0.2) is 0 Å². The van der Waals surface area contributed by atoms with Gasteiger partial charge in [0.1, 0.15) is 0 Å². The van der Waals surface area contributed by atoms with Gasteiger partial charge in [-0.3, -0.25) is 9.59 Å². The van der Waals surface area contributed by atoms with E-state index in [1.807, 2.05) is 6.07 Å². The van der Waals surface area contributed by atoms with E-state index in [4.69, 9.17) is 16.9 Å². The Balaban J connectivity index is 2.03. The van der Waals surface area contributed by atoms with Gasteiger partial charge in [0.05, 0.1) is 6.07 Å². The molecule has 1 aliphatic heterocycles. The molecule has 2 rings (SSSR count). The summed E-state index contributed by atoms with van der Waals surface area (Å²) in [5.41, 5.74) is 0.792. The fraction of sp³-hybridized carbons (Fsp3) is 0.353. The minimum atomic E-state index is -1.25. The molecule has 0 unspecified atom stereocenters. The number of benzene rings is 1. The molecule has 22 heavy (non-hydrogen) atoms. The third-order valence-corrected chi connectivity index (χ3v) is 3.89. The fourth-order valence-electron chi connectivity index (χ4n) is 2.39. The molecule has 1 amide bonds. The predicted molar refractivity (Wildman–Crippen MR) is 85.0 cm³/mol. The first-order valence-corrected chi connectivity index (χ1v) is 7.65. The maximum Gasteiger partial charge on any atom is 0.247 e. The van der Waals surface area contributed by atoms with Crippen LogP contribution in [0.1, 0.15) is 24.8 Å². The summed E-state index contributed by atoms with van der Waals surface area (Å²) >= 11 is 5.79. The van der Waals surface area contributed by atoms with E-state index in [9.17, 15) is 9.59 Å². The van der Waals surface area contributed by atoms with E-state index in [1.54, 1.807) is 35.2 Å². The number of likely N-dealkylation sites (tertiary alicyclic amines) is 1. The lowest BCUT2D eigenvalue weighted by molar-refractivity contribution is -0.138. The van der Waals surface area contributed by atoms with Crippen LogP contribution in [-0.4, -0.2) is 29.7 Å². The van der Waals surface area contributed by atoms with Crippen LogP contribution in [0.15, 0.2) is 30.3 Å². The minimum absolute atomic E-state index is 0.382. The summed E-state index contributed by atoms with van der Waals surface area (Å²) in [6.45, 7) is 1.26. The second kappa shape index (κ2) is 7.77. The van der Waals surface area contributed by atoms with Crippen LogP contribution < -0.4 is 0 Å². The Labute approximate surface area is 135 Å². The predicted octanol–water partition coefficient (Wildman–Crippen LogP) is 3.07. The van der Waals surface area contributed by atoms with Gasteiger partial charge in [-0.15, -0.1) is 0 Å². The summed E-state index contributed by atoms with van der Waals surface area (Å²) in [5, 5.41) is 9.77. The second-order valence-corrected chi connectivity index (χ2v) is 5.67. The van der Waals surface area contributed by atoms with E-state index in [0.29, 0.717) is 18.1 Å². The third-order valence-electron chi connectivity index (χ3n) is 3.64. The monoisotopic (exact) mass is 316 g/mol. The number of allylic oxidation sites excluding steroid dienone is 1. The maximum absolute atomic E-state index is 12.3. The van der Waals surface area contributed by atoms with E-state index >= 15 is 0 Å². The Morgan fingerprint density at radius 1 is 1.18 bits per heavy atom. The van der Waals surface area contributed by atoms with E-state index in [1.165, 1.54) is 6.08 Å². The molecule has 0 bridgehead atoms. The lowest BCUT2D eigenvalue weighted by Crippen LogP contribution is -2.41. The summed E-state index contributed by atoms with van der Waals surface area (Å²) in [6.07, 6.45) is 5.83. The van der Waals surface area contributed by atoms with Gasteiger partial charge in [0.15, 0.2) is 11.7 Å². The highest BCUT2D eigenvalue weighted by molar-refractivity contribution is 6.30. The van der Waals surface area contributed by atoms with E-state index < -0.39 is 11.7 Å². The first kappa shape index (κ1) is 16.3. The zero-order chi connectivity index (χ0) is 15.9. The van der Waals surface area contributed by atoms with Crippen LogP contribution in [0.4, 0.5) is 0 Å². The van der Waals surface area contributed by atoms with Gasteiger partial charge in [-0.1, -0.05) is 29.8 Å². The van der Waals surface area contributed by atoms with Crippen molar-refractivity contribution in [2.24, 2.45) is 5.92 Å². The Hall–Kier alpha value is -2.12. The number of carbonyl (C=O) groups excluding carboxylic acids is 2. The normalized spacial score (nSPS) is 16.3. The minimum Gasteiger partial charge on any atom is -0.341 e. The van der Waals surface area contributed by atoms with Crippen molar-refractivity contribution in [1.82, 2.24) is 4.90 Å². The van der Waals surface area contributed by atoms with Crippen molar-refractivity contribution < 1.29 is 9.59 Å². The largest absolute Gasteiger partial charge is 0.341 e. The first-order valence-electron chi connectivity index (χ1n) is 7.27. The number of piperidine rings is 1. The summed E-state index contributed by atoms with van der Waals surface area (Å²) < 4.78 is 0. The van der Waals surface area contributed by atoms with Crippen molar-refractivity contribution >= 4 is 29.4 Å². The van der Waals surface area contributed by atoms with Gasteiger partial charge in [0, 0.05) is 18.1 Å². The van der Waals surface area contributed by atoms with Gasteiger partial charge in [-0.05, 0) is 43.0 Å². The Morgan fingerprint density at radius 2 is 1.82 bits per heavy atom. The number of halogens is 1. The van der Waals surface area contributed by atoms with Gasteiger partial charge >= 0.3 is 0 Å². The number of amides is 1. The number of nitrogens with zero attached hydrogens (tertiary/aromatic N) is 2. The van der Waals surface area contributed by atoms with Crippen LogP contribution in [0.5, 0.6) is 0 Å². The summed E-state index contributed by atoms with van der Waals surface area (Å²) in [4.78, 5) is 26.0. The molecular weight excluding hydrogens is 300 g/mol. The topological polar surface area (TPSA) is 61.2 Å². The maximum atomic E-state index is 12.3. The Kier molecular flexibility index (Phi) is 5.74. The molecule has 0 aliphatic carbocycles. The lowest BCUT2D eigenvalue weighted by atomic mass is 10.0. The van der Waals surface area contributed by atoms with Crippen LogP contribution in [0, 0.1) is 17.2 Å². The smallest absolute Gasteiger partial charge is 0.247 e. The van der Waals surface area contributed by atoms with Gasteiger partial charge in [0.25, 0.3) is 0 Å². The van der Waals surface area contributed by atoms with Crippen LogP contribution >= 0.6 is 11.6 Å². The van der Waals surface area contributed by atoms with Gasteiger partial charge in [0.2, 0.25) is 5.91 Å². The Morgan fingerprint density at radius 3 is 2.41 bits per heavy atom. The number of carbonyl (C=O) groups is 2. The number of hydrogen-bond donors (Lipinski definition) is 0. The summed E-state index contributed by atoms with van der Waals surface area (Å²) in [7, 11) is 0. The molecule has 0 radical (unpaired) electrons. The molecule has 1 atom stereocenters. The van der Waals surface area contributed by atoms with Crippen molar-refractivity contribution in [2.75, 3.05) is 13.1 Å². The van der Waals surface area contributed by atoms with Crippen molar-refractivity contribution in [1.29, 1.82) is 5.26 Å². The fourth-order valence-corrected chi connectivity index (χ4v) is 2.51. The summed E-state index contributed by atoms with van der Waals surface area (Å²) in [6, 6.07) is 8.79. The quantitative estimate of drug-likeness (QED) is 0.633. The van der Waals surface area contributed by atoms with Crippen molar-refractivity contribution in [3.63, 3.8) is 0 Å². The highest BCUT2D eigenvalue weighted by Crippen LogP contribution is 2.15. The SMILES string of the molecule is N#C[C@@H](C(=O)/C=C\c1ccc(Cl)cc1)C(=O)N1CCCCC1. The molecule has 114 valence electrons. The highest BCUT2D eigenvalue weighted by Gasteiger charge is 2.29. The molecule has 1 aliphatic rings. The average Bonchev–Trinajstić information content (AvgIpc) is 2.55. The van der Waals surface area contributed by atoms with Crippen LogP contribution in [0.25, 0.3) is 6.08 Å². The molecule has 4 nitrogen and oxygen atoms in total. The Bertz CT molecular complexity index is 611. The van der Waals surface area contributed by atoms with Crippen LogP contribution in [-0.2, 0) is 9.59 Å². The van der Waals surface area contributed by atoms with Gasteiger partial charge in [-0.2, -0.15) is 5.26 Å². The van der Waals surface area contributed by atoms with E-state index in [2.05, 4.69) is 0 Å². The molecule has 0 N–H and O–H groups in total. The molecular formula is C17H17ClN2O2. The molecule has 0 saturated carbocycles. The van der Waals surface area contributed by atoms with E-state index in [-0.39, 0.29) is 5.91 Å². The lowest BCUT2D eigenvalue weighted by Gasteiger charge is -2.27. The highest BCUT2D eigenvalue weighted by atomic mass is 35.5. The van der Waals surface area contributed by atoms with Crippen molar-refractivity contribution in [2.45, 2.75) is 19.3 Å². The molecule has 1 heterocycles. The molecule has 1 aromatic rings. The van der Waals surface area contributed by atoms with Gasteiger partial charge < -0.3 is 4.90 Å². The standard InChI is InChI=1S/C17H17ClN2O2/c18-14-7-4-13(5-8-14)6-9-16(21)15(12-19)17(22)20-10-2-1-3-11-20/h4-9,15H,1-3,10-11H2/b9-6-/t15-/m0/s1. The zero-order valence-electron chi connectivity index (χ0n) is 12.2. The number of hydrogen-bond acceptors (Lipinski definition) is 3. The number of rotatable bonds is 4. The zero-order valence-corrected chi connectivity index (χ0v) is 12.9. The second-order valence-electron chi connectivity index (χ2n) is 5.24. The van der Waals surface area contributed by atoms with Crippen LogP contribution in [0.3, 0.4) is 0 Å². The molecule has 0 spiro atoms. The molecule has 5 heteroatoms. The van der Waals surface area contributed by atoms with Crippen molar-refractivity contribution in [3.05, 3.63) is 40.9 Å². The molecule has 1 fully saturated rings. The molecule has 1 aromatic carbocycles. The molecule has 0 aromatic heterocycles. The van der Waals surface area contributed by atoms with Crippen LogP contribution in [0.2, 0.25) is 5.02 Å². The number of nitriles is 1.